The molecule has 1 aromatic carbocycles. The Morgan fingerprint density at radius 1 is 1.28 bits per heavy atom. The van der Waals surface area contributed by atoms with E-state index in [2.05, 4.69) is 15.2 Å². The number of alkyl halides is 2. The predicted molar refractivity (Wildman–Crippen MR) is 126 cm³/mol. The molecule has 1 saturated carbocycles. The quantitative estimate of drug-likeness (QED) is 0.483. The number of nitrogens with zero attached hydrogens (tertiary/aromatic N) is 2. The number of carbonyl (C=O) groups is 1. The third-order valence-corrected chi connectivity index (χ3v) is 11.0. The Morgan fingerprint density at radius 2 is 1.97 bits per heavy atom. The van der Waals surface area contributed by atoms with Crippen molar-refractivity contribution in [1.29, 1.82) is 0 Å². The van der Waals surface area contributed by atoms with Gasteiger partial charge in [-0.05, 0) is 50.8 Å². The van der Waals surface area contributed by atoms with Crippen LogP contribution < -0.4 is 10.1 Å². The monoisotopic (exact) mass is 549 g/mol. The molecule has 1 aliphatic heterocycles. The van der Waals surface area contributed by atoms with Crippen LogP contribution in [0.3, 0.4) is 0 Å². The Bertz CT molecular complexity index is 1320. The van der Waals surface area contributed by atoms with E-state index in [4.69, 9.17) is 0 Å². The number of fused-ring (bicyclic) bond motifs is 1. The van der Waals surface area contributed by atoms with E-state index in [1.165, 1.54) is 0 Å². The molecule has 0 bridgehead atoms. The van der Waals surface area contributed by atoms with Crippen LogP contribution in [-0.2, 0) is 27.7 Å². The summed E-state index contributed by atoms with van der Waals surface area (Å²) >= 11 is 0. The second-order valence-electron chi connectivity index (χ2n) is 9.96. The number of nitrogens with one attached hydrogen (secondary N) is 1. The van der Waals surface area contributed by atoms with Gasteiger partial charge in [-0.15, -0.1) is 0 Å². The van der Waals surface area contributed by atoms with Crippen molar-refractivity contribution in [3.8, 4) is 17.0 Å². The van der Waals surface area contributed by atoms with Crippen molar-refractivity contribution in [1.82, 2.24) is 14.5 Å². The lowest BCUT2D eigenvalue weighted by Gasteiger charge is -2.54. The van der Waals surface area contributed by atoms with Gasteiger partial charge in [0.25, 0.3) is 10.0 Å². The lowest BCUT2D eigenvalue weighted by atomic mass is 9.85. The lowest BCUT2D eigenvalue weighted by molar-refractivity contribution is -0.126. The van der Waals surface area contributed by atoms with Crippen molar-refractivity contribution in [2.75, 3.05) is 11.5 Å². The van der Waals surface area contributed by atoms with Gasteiger partial charge in [0.1, 0.15) is 17.3 Å². The van der Waals surface area contributed by atoms with Crippen molar-refractivity contribution in [2.24, 2.45) is 5.92 Å². The minimum atomic E-state index is -3.89. The zero-order chi connectivity index (χ0) is 26.0. The highest BCUT2D eigenvalue weighted by Crippen LogP contribution is 2.54. The standard InChI is InChI=1S/C22H26F3N3O6S2/c1-22(10-35(30,31)11-22)26-20(29)12-2-6-15-18(8-12)28(36(32,33)14-4-5-14)27-19(15)16-9-13(34-21(24)25)3-7-17(16)23/h3,7,9,12,14,21,30-31H,2,4-6,8,10-11H2,1H3,(H,26,29). The molecule has 2 fully saturated rings. The first-order chi connectivity index (χ1) is 16.8. The second-order valence-corrected chi connectivity index (χ2v) is 14.2. The van der Waals surface area contributed by atoms with Crippen molar-refractivity contribution >= 4 is 26.5 Å². The molecule has 0 spiro atoms. The molecule has 36 heavy (non-hydrogen) atoms. The fourth-order valence-electron chi connectivity index (χ4n) is 5.05. The van der Waals surface area contributed by atoms with E-state index in [0.29, 0.717) is 24.8 Å². The Balaban J connectivity index is 1.50. The zero-order valence-corrected chi connectivity index (χ0v) is 20.9. The SMILES string of the molecule is CC1(NC(=O)C2CCc3c(-c4cc(OC(F)F)ccc4F)nn(S(=O)(=O)C4CC4)c3C2)CS(O)(O)C1. The Hall–Kier alpha value is -2.29. The molecule has 3 aliphatic rings. The molecule has 14 heteroatoms. The number of carbonyl (C=O) groups excluding carboxylic acids is 1. The second kappa shape index (κ2) is 8.64. The summed E-state index contributed by atoms with van der Waals surface area (Å²) in [5, 5.41) is 6.47. The summed E-state index contributed by atoms with van der Waals surface area (Å²) < 4.78 is 91.3. The molecule has 1 amide bonds. The van der Waals surface area contributed by atoms with E-state index in [-0.39, 0.29) is 53.0 Å². The molecule has 198 valence electrons. The van der Waals surface area contributed by atoms with Crippen LogP contribution in [0.25, 0.3) is 11.3 Å². The van der Waals surface area contributed by atoms with Gasteiger partial charge in [-0.25, -0.2) is 12.8 Å². The van der Waals surface area contributed by atoms with Gasteiger partial charge in [-0.3, -0.25) is 13.9 Å². The minimum Gasteiger partial charge on any atom is -0.435 e. The third-order valence-electron chi connectivity index (χ3n) is 6.74. The minimum absolute atomic E-state index is 0.0187. The van der Waals surface area contributed by atoms with Gasteiger partial charge < -0.3 is 10.1 Å². The molecule has 9 nitrogen and oxygen atoms in total. The van der Waals surface area contributed by atoms with Crippen LogP contribution in [0.2, 0.25) is 0 Å². The number of amides is 1. The third kappa shape index (κ3) is 4.71. The Kier molecular flexibility index (Phi) is 6.09. The largest absolute Gasteiger partial charge is 0.435 e. The number of benzene rings is 1. The highest BCUT2D eigenvalue weighted by Gasteiger charge is 2.47. The van der Waals surface area contributed by atoms with Crippen LogP contribution >= 0.6 is 10.6 Å². The first-order valence-electron chi connectivity index (χ1n) is 11.4. The van der Waals surface area contributed by atoms with E-state index in [0.717, 1.165) is 22.3 Å². The summed E-state index contributed by atoms with van der Waals surface area (Å²) in [4.78, 5) is 13.0. The molecule has 2 heterocycles. The maximum absolute atomic E-state index is 14.8. The fourth-order valence-corrected chi connectivity index (χ4v) is 8.85. The molecule has 1 saturated heterocycles. The first kappa shape index (κ1) is 25.4. The Morgan fingerprint density at radius 3 is 2.58 bits per heavy atom. The number of rotatable bonds is 7. The first-order valence-corrected chi connectivity index (χ1v) is 14.8. The van der Waals surface area contributed by atoms with Gasteiger partial charge >= 0.3 is 6.61 Å². The summed E-state index contributed by atoms with van der Waals surface area (Å²) in [5.74, 6) is -1.90. The molecule has 2 aromatic rings. The van der Waals surface area contributed by atoms with E-state index in [1.807, 2.05) is 0 Å². The highest BCUT2D eigenvalue weighted by atomic mass is 32.3. The molecule has 3 N–H and O–H groups in total. The lowest BCUT2D eigenvalue weighted by Crippen LogP contribution is -2.62. The smallest absolute Gasteiger partial charge is 0.387 e. The van der Waals surface area contributed by atoms with Gasteiger partial charge in [0.2, 0.25) is 5.91 Å². The fraction of sp³-hybridized carbons (Fsp3) is 0.545. The van der Waals surface area contributed by atoms with Crippen LogP contribution in [0.5, 0.6) is 5.75 Å². The molecular formula is C22H26F3N3O6S2. The molecule has 5 rings (SSSR count). The van der Waals surface area contributed by atoms with E-state index in [9.17, 15) is 35.5 Å². The van der Waals surface area contributed by atoms with Crippen LogP contribution in [0.1, 0.15) is 37.4 Å². The molecule has 1 atom stereocenters. The number of ether oxygens (including phenoxy) is 1. The number of hydrogen-bond donors (Lipinski definition) is 3. The normalized spacial score (nSPS) is 23.5. The maximum Gasteiger partial charge on any atom is 0.387 e. The summed E-state index contributed by atoms with van der Waals surface area (Å²) in [6.07, 6.45) is 1.50. The molecular weight excluding hydrogens is 523 g/mol. The average molecular weight is 550 g/mol. The number of hydrogen-bond acceptors (Lipinski definition) is 7. The summed E-state index contributed by atoms with van der Waals surface area (Å²) in [5.41, 5.74) is -0.184. The van der Waals surface area contributed by atoms with Crippen molar-refractivity contribution < 1.29 is 40.2 Å². The van der Waals surface area contributed by atoms with E-state index >= 15 is 0 Å². The average Bonchev–Trinajstić information content (AvgIpc) is 3.54. The van der Waals surface area contributed by atoms with E-state index in [1.54, 1.807) is 6.92 Å². The molecule has 1 aromatic heterocycles. The van der Waals surface area contributed by atoms with Crippen LogP contribution in [-0.4, -0.2) is 61.5 Å². The van der Waals surface area contributed by atoms with Gasteiger partial charge in [0, 0.05) is 23.5 Å². The van der Waals surface area contributed by atoms with Crippen LogP contribution in [0, 0.1) is 11.7 Å². The highest BCUT2D eigenvalue weighted by molar-refractivity contribution is 8.25. The summed E-state index contributed by atoms with van der Waals surface area (Å²) in [6.45, 7) is -1.40. The van der Waals surface area contributed by atoms with E-state index < -0.39 is 49.7 Å². The predicted octanol–water partition coefficient (Wildman–Crippen LogP) is 3.37. The molecule has 1 unspecified atom stereocenters. The Labute approximate surface area is 207 Å². The summed E-state index contributed by atoms with van der Waals surface area (Å²) in [7, 11) is -6.58. The van der Waals surface area contributed by atoms with Gasteiger partial charge in [-0.1, -0.05) is 0 Å². The van der Waals surface area contributed by atoms with Crippen molar-refractivity contribution in [3.05, 3.63) is 35.3 Å². The van der Waals surface area contributed by atoms with Crippen molar-refractivity contribution in [2.45, 2.75) is 56.4 Å². The topological polar surface area (TPSA) is 131 Å². The van der Waals surface area contributed by atoms with Crippen LogP contribution in [0.15, 0.2) is 18.2 Å². The van der Waals surface area contributed by atoms with Gasteiger partial charge in [0.05, 0.1) is 28.0 Å². The van der Waals surface area contributed by atoms with Crippen LogP contribution in [0.4, 0.5) is 13.2 Å². The maximum atomic E-state index is 14.8. The van der Waals surface area contributed by atoms with Gasteiger partial charge in [0.15, 0.2) is 0 Å². The number of halogens is 3. The summed E-state index contributed by atoms with van der Waals surface area (Å²) in [6, 6.07) is 3.06. The van der Waals surface area contributed by atoms with Gasteiger partial charge in [-0.2, -0.15) is 28.6 Å². The molecule has 2 aliphatic carbocycles. The zero-order valence-electron chi connectivity index (χ0n) is 19.3. The van der Waals surface area contributed by atoms with Crippen molar-refractivity contribution in [3.63, 3.8) is 0 Å². The number of aromatic nitrogens is 2. The molecule has 0 radical (unpaired) electrons.